The molecular formula is C10H18N2. The summed E-state index contributed by atoms with van der Waals surface area (Å²) in [5.41, 5.74) is 0. The topological polar surface area (TPSA) is 27.1 Å². The average molecular weight is 166 g/mol. The molecule has 1 heterocycles. The molecule has 0 aromatic rings. The van der Waals surface area contributed by atoms with E-state index in [1.54, 1.807) is 0 Å². The molecule has 0 radical (unpaired) electrons. The Morgan fingerprint density at radius 1 is 1.17 bits per heavy atom. The van der Waals surface area contributed by atoms with Gasteiger partial charge in [-0.15, -0.1) is 0 Å². The lowest BCUT2D eigenvalue weighted by molar-refractivity contribution is 0.299. The van der Waals surface area contributed by atoms with E-state index in [0.29, 0.717) is 0 Å². The number of fused-ring (bicyclic) bond motifs is 1. The summed E-state index contributed by atoms with van der Waals surface area (Å²) in [5.74, 6) is 2.60. The van der Waals surface area contributed by atoms with Gasteiger partial charge < -0.3 is 4.90 Å². The highest BCUT2D eigenvalue weighted by molar-refractivity contribution is 5.76. The van der Waals surface area contributed by atoms with E-state index in [4.69, 9.17) is 5.41 Å². The minimum atomic E-state index is 0.768. The first-order valence-electron chi connectivity index (χ1n) is 5.07. The Kier molecular flexibility index (Phi) is 2.07. The summed E-state index contributed by atoms with van der Waals surface area (Å²) in [4.78, 5) is 2.25. The number of hydrogen-bond donors (Lipinski definition) is 1. The van der Waals surface area contributed by atoms with Crippen LogP contribution in [0.2, 0.25) is 0 Å². The molecular weight excluding hydrogens is 148 g/mol. The van der Waals surface area contributed by atoms with E-state index in [9.17, 15) is 0 Å². The summed E-state index contributed by atoms with van der Waals surface area (Å²) < 4.78 is 0. The highest BCUT2D eigenvalue weighted by Gasteiger charge is 2.34. The Balaban J connectivity index is 1.98. The van der Waals surface area contributed by atoms with Crippen molar-refractivity contribution < 1.29 is 0 Å². The van der Waals surface area contributed by atoms with Gasteiger partial charge in [-0.25, -0.2) is 0 Å². The molecule has 2 heteroatoms. The second-order valence-electron chi connectivity index (χ2n) is 4.30. The molecule has 0 spiro atoms. The molecule has 2 fully saturated rings. The van der Waals surface area contributed by atoms with Crippen LogP contribution >= 0.6 is 0 Å². The molecule has 1 saturated heterocycles. The number of hydrogen-bond acceptors (Lipinski definition) is 1. The van der Waals surface area contributed by atoms with Crippen LogP contribution in [0.3, 0.4) is 0 Å². The molecule has 0 amide bonds. The van der Waals surface area contributed by atoms with Gasteiger partial charge in [-0.1, -0.05) is 12.8 Å². The Morgan fingerprint density at radius 3 is 2.08 bits per heavy atom. The van der Waals surface area contributed by atoms with Gasteiger partial charge >= 0.3 is 0 Å². The number of rotatable bonds is 0. The first kappa shape index (κ1) is 8.09. The van der Waals surface area contributed by atoms with Crippen molar-refractivity contribution in [3.05, 3.63) is 0 Å². The molecule has 2 rings (SSSR count). The third-order valence-electron chi connectivity index (χ3n) is 3.45. The second kappa shape index (κ2) is 3.08. The molecule has 0 aromatic heterocycles. The Morgan fingerprint density at radius 2 is 1.67 bits per heavy atom. The van der Waals surface area contributed by atoms with Crippen molar-refractivity contribution in [2.24, 2.45) is 11.8 Å². The van der Waals surface area contributed by atoms with Crippen LogP contribution in [0, 0.1) is 17.2 Å². The van der Waals surface area contributed by atoms with Crippen molar-refractivity contribution in [3.8, 4) is 0 Å². The molecule has 0 bridgehead atoms. The van der Waals surface area contributed by atoms with Crippen LogP contribution in [-0.4, -0.2) is 23.8 Å². The van der Waals surface area contributed by atoms with Crippen LogP contribution in [0.1, 0.15) is 32.6 Å². The van der Waals surface area contributed by atoms with Crippen molar-refractivity contribution in [1.29, 1.82) is 5.41 Å². The van der Waals surface area contributed by atoms with Gasteiger partial charge in [0.25, 0.3) is 0 Å². The van der Waals surface area contributed by atoms with Gasteiger partial charge in [-0.05, 0) is 31.6 Å². The predicted molar refractivity (Wildman–Crippen MR) is 50.4 cm³/mol. The van der Waals surface area contributed by atoms with Gasteiger partial charge in [0.15, 0.2) is 0 Å². The molecule has 12 heavy (non-hydrogen) atoms. The molecule has 2 atom stereocenters. The average Bonchev–Trinajstić information content (AvgIpc) is 2.46. The van der Waals surface area contributed by atoms with Crippen LogP contribution in [-0.2, 0) is 0 Å². The van der Waals surface area contributed by atoms with Gasteiger partial charge in [0, 0.05) is 13.1 Å². The quantitative estimate of drug-likeness (QED) is 0.433. The standard InChI is InChI=1S/C10H18N2/c1-8(11)12-6-9-4-2-3-5-10(9)7-12/h9-11H,2-7H2,1H3. The molecule has 2 nitrogen and oxygen atoms in total. The van der Waals surface area contributed by atoms with E-state index in [0.717, 1.165) is 17.7 Å². The Hall–Kier alpha value is -0.530. The Bertz CT molecular complexity index is 174. The minimum Gasteiger partial charge on any atom is -0.360 e. The van der Waals surface area contributed by atoms with Crippen molar-refractivity contribution in [2.75, 3.05) is 13.1 Å². The molecule has 2 aliphatic rings. The van der Waals surface area contributed by atoms with Crippen molar-refractivity contribution in [3.63, 3.8) is 0 Å². The van der Waals surface area contributed by atoms with E-state index in [1.165, 1.54) is 38.8 Å². The number of nitrogens with zero attached hydrogens (tertiary/aromatic N) is 1. The zero-order chi connectivity index (χ0) is 8.55. The Labute approximate surface area is 74.5 Å². The van der Waals surface area contributed by atoms with Crippen LogP contribution in [0.5, 0.6) is 0 Å². The van der Waals surface area contributed by atoms with Crippen LogP contribution < -0.4 is 0 Å². The predicted octanol–water partition coefficient (Wildman–Crippen LogP) is 2.11. The van der Waals surface area contributed by atoms with E-state index < -0.39 is 0 Å². The summed E-state index contributed by atoms with van der Waals surface area (Å²) in [6.07, 6.45) is 5.67. The number of nitrogens with one attached hydrogen (secondary N) is 1. The SMILES string of the molecule is CC(=N)N1CC2CCCCC2C1. The van der Waals surface area contributed by atoms with Gasteiger partial charge in [0.05, 0.1) is 5.84 Å². The molecule has 2 unspecified atom stereocenters. The molecule has 0 aromatic carbocycles. The maximum atomic E-state index is 7.57. The van der Waals surface area contributed by atoms with Crippen LogP contribution in [0.15, 0.2) is 0 Å². The third-order valence-corrected chi connectivity index (χ3v) is 3.45. The van der Waals surface area contributed by atoms with Crippen LogP contribution in [0.4, 0.5) is 0 Å². The van der Waals surface area contributed by atoms with Gasteiger partial charge in [0.2, 0.25) is 0 Å². The van der Waals surface area contributed by atoms with Crippen molar-refractivity contribution in [2.45, 2.75) is 32.6 Å². The lowest BCUT2D eigenvalue weighted by Crippen LogP contribution is -2.25. The molecule has 1 aliphatic heterocycles. The first-order valence-corrected chi connectivity index (χ1v) is 5.07. The van der Waals surface area contributed by atoms with Crippen molar-refractivity contribution >= 4 is 5.84 Å². The fourth-order valence-corrected chi connectivity index (χ4v) is 2.68. The van der Waals surface area contributed by atoms with Crippen molar-refractivity contribution in [1.82, 2.24) is 4.90 Å². The summed E-state index contributed by atoms with van der Waals surface area (Å²) in [5, 5.41) is 7.57. The zero-order valence-corrected chi connectivity index (χ0v) is 7.84. The lowest BCUT2D eigenvalue weighted by Gasteiger charge is -2.22. The summed E-state index contributed by atoms with van der Waals surface area (Å²) in [6.45, 7) is 4.25. The fourth-order valence-electron chi connectivity index (χ4n) is 2.68. The normalized spacial score (nSPS) is 34.9. The molecule has 1 N–H and O–H groups in total. The van der Waals surface area contributed by atoms with E-state index in [2.05, 4.69) is 4.90 Å². The monoisotopic (exact) mass is 166 g/mol. The van der Waals surface area contributed by atoms with E-state index in [1.807, 2.05) is 6.92 Å². The van der Waals surface area contributed by atoms with Crippen LogP contribution in [0.25, 0.3) is 0 Å². The summed E-state index contributed by atoms with van der Waals surface area (Å²) in [6, 6.07) is 0. The van der Waals surface area contributed by atoms with E-state index in [-0.39, 0.29) is 0 Å². The van der Waals surface area contributed by atoms with Gasteiger partial charge in [0.1, 0.15) is 0 Å². The summed E-state index contributed by atoms with van der Waals surface area (Å²) in [7, 11) is 0. The second-order valence-corrected chi connectivity index (χ2v) is 4.30. The first-order chi connectivity index (χ1) is 5.77. The number of likely N-dealkylation sites (tertiary alicyclic amines) is 1. The smallest absolute Gasteiger partial charge is 0.0926 e. The minimum absolute atomic E-state index is 0.768. The molecule has 1 saturated carbocycles. The highest BCUT2D eigenvalue weighted by Crippen LogP contribution is 2.35. The highest BCUT2D eigenvalue weighted by atomic mass is 15.2. The molecule has 1 aliphatic carbocycles. The maximum Gasteiger partial charge on any atom is 0.0926 e. The van der Waals surface area contributed by atoms with Gasteiger partial charge in [-0.2, -0.15) is 0 Å². The van der Waals surface area contributed by atoms with E-state index >= 15 is 0 Å². The number of amidine groups is 1. The molecule has 68 valence electrons. The van der Waals surface area contributed by atoms with Gasteiger partial charge in [-0.3, -0.25) is 5.41 Å². The zero-order valence-electron chi connectivity index (χ0n) is 7.84. The lowest BCUT2D eigenvalue weighted by atomic mass is 9.82. The largest absolute Gasteiger partial charge is 0.360 e. The maximum absolute atomic E-state index is 7.57. The third kappa shape index (κ3) is 1.35. The fraction of sp³-hybridized carbons (Fsp3) is 0.900. The summed E-state index contributed by atoms with van der Waals surface area (Å²) >= 11 is 0.